The summed E-state index contributed by atoms with van der Waals surface area (Å²) in [5, 5.41) is -0.243. The number of nitrogens with zero attached hydrogens (tertiary/aromatic N) is 1. The summed E-state index contributed by atoms with van der Waals surface area (Å²) in [6, 6.07) is 0. The third kappa shape index (κ3) is 2.84. The molecule has 0 heterocycles. The third-order valence-corrected chi connectivity index (χ3v) is 1.25. The fraction of sp³-hybridized carbons (Fsp3) is 0.750. The van der Waals surface area contributed by atoms with Crippen molar-refractivity contribution in [3.8, 4) is 0 Å². The van der Waals surface area contributed by atoms with Crippen LogP contribution < -0.4 is 0 Å². The maximum absolute atomic E-state index is 11.6. The summed E-state index contributed by atoms with van der Waals surface area (Å²) in [6.07, 6.45) is -4.28. The quantitative estimate of drug-likeness (QED) is 0.457. The second kappa shape index (κ2) is 3.20. The highest BCUT2D eigenvalue weighted by Crippen LogP contribution is 2.17. The first-order valence-corrected chi connectivity index (χ1v) is 3.23. The van der Waals surface area contributed by atoms with Gasteiger partial charge in [0.05, 0.1) is 5.33 Å². The van der Waals surface area contributed by atoms with Crippen molar-refractivity contribution in [3.63, 3.8) is 0 Å². The normalized spacial score (nSPS) is 14.1. The second-order valence-electron chi connectivity index (χ2n) is 1.30. The Kier molecular flexibility index (Phi) is 3.17. The summed E-state index contributed by atoms with van der Waals surface area (Å²) in [5.74, 6) is 0. The van der Waals surface area contributed by atoms with E-state index < -0.39 is 11.9 Å². The van der Waals surface area contributed by atoms with Gasteiger partial charge in [-0.1, -0.05) is 15.9 Å². The fourth-order valence-electron chi connectivity index (χ4n) is 0.262. The molecule has 5 heteroatoms. The molecule has 0 fully saturated rings. The van der Waals surface area contributed by atoms with Crippen molar-refractivity contribution in [2.75, 3.05) is 12.4 Å². The first-order chi connectivity index (χ1) is 4.02. The lowest BCUT2D eigenvalue weighted by molar-refractivity contribution is -0.0589. The summed E-state index contributed by atoms with van der Waals surface area (Å²) in [5.41, 5.74) is -0.789. The fourth-order valence-corrected chi connectivity index (χ4v) is 0.831. The number of aliphatic imine (C=N–C) groups is 1. The van der Waals surface area contributed by atoms with E-state index in [0.717, 1.165) is 7.05 Å². The summed E-state index contributed by atoms with van der Waals surface area (Å²) >= 11 is 2.66. The van der Waals surface area contributed by atoms with E-state index in [1.807, 2.05) is 0 Å². The molecule has 0 radical (unpaired) electrons. The molecule has 0 aliphatic rings. The standard InChI is InChI=1S/C4H5BrF3N/c1-9-3(2-5)4(6,7)8/h2H2,1H3/b9-3-. The molecule has 0 rings (SSSR count). The number of hydrogen-bond acceptors (Lipinski definition) is 1. The van der Waals surface area contributed by atoms with Gasteiger partial charge in [0.1, 0.15) is 5.71 Å². The zero-order chi connectivity index (χ0) is 7.49. The van der Waals surface area contributed by atoms with Crippen LogP contribution in [-0.2, 0) is 0 Å². The molecule has 0 bridgehead atoms. The molecule has 0 spiro atoms. The predicted molar refractivity (Wildman–Crippen MR) is 33.2 cm³/mol. The third-order valence-electron chi connectivity index (χ3n) is 0.724. The van der Waals surface area contributed by atoms with Gasteiger partial charge in [-0.2, -0.15) is 13.2 Å². The van der Waals surface area contributed by atoms with Gasteiger partial charge in [0, 0.05) is 7.05 Å². The van der Waals surface area contributed by atoms with Crippen LogP contribution in [0.2, 0.25) is 0 Å². The van der Waals surface area contributed by atoms with Crippen molar-refractivity contribution in [2.24, 2.45) is 4.99 Å². The molecule has 0 unspecified atom stereocenters. The Morgan fingerprint density at radius 1 is 1.56 bits per heavy atom. The molecule has 54 valence electrons. The molecule has 0 aliphatic carbocycles. The molecule has 0 saturated heterocycles. The summed E-state index contributed by atoms with van der Waals surface area (Å²) in [7, 11) is 1.12. The van der Waals surface area contributed by atoms with Crippen LogP contribution in [0.25, 0.3) is 0 Å². The van der Waals surface area contributed by atoms with Crippen LogP contribution in [0.1, 0.15) is 0 Å². The lowest BCUT2D eigenvalue weighted by Gasteiger charge is -2.04. The highest BCUT2D eigenvalue weighted by Gasteiger charge is 2.33. The van der Waals surface area contributed by atoms with Gasteiger partial charge >= 0.3 is 6.18 Å². The van der Waals surface area contributed by atoms with Crippen LogP contribution in [0.15, 0.2) is 4.99 Å². The van der Waals surface area contributed by atoms with Crippen LogP contribution in [0.3, 0.4) is 0 Å². The second-order valence-corrected chi connectivity index (χ2v) is 1.86. The Hall–Kier alpha value is -0.0600. The molecule has 1 nitrogen and oxygen atoms in total. The molecular weight excluding hydrogens is 199 g/mol. The van der Waals surface area contributed by atoms with Crippen molar-refractivity contribution in [2.45, 2.75) is 6.18 Å². The molecule has 0 aromatic carbocycles. The van der Waals surface area contributed by atoms with E-state index in [4.69, 9.17) is 0 Å². The van der Waals surface area contributed by atoms with Gasteiger partial charge in [0.15, 0.2) is 0 Å². The van der Waals surface area contributed by atoms with E-state index in [2.05, 4.69) is 20.9 Å². The summed E-state index contributed by atoms with van der Waals surface area (Å²) < 4.78 is 34.7. The zero-order valence-corrected chi connectivity index (χ0v) is 6.25. The van der Waals surface area contributed by atoms with E-state index in [9.17, 15) is 13.2 Å². The summed E-state index contributed by atoms with van der Waals surface area (Å²) in [4.78, 5) is 3.02. The van der Waals surface area contributed by atoms with Gasteiger partial charge in [0.2, 0.25) is 0 Å². The van der Waals surface area contributed by atoms with Gasteiger partial charge < -0.3 is 0 Å². The average Bonchev–Trinajstić information content (AvgIpc) is 1.65. The van der Waals surface area contributed by atoms with Gasteiger partial charge in [-0.05, 0) is 0 Å². The summed E-state index contributed by atoms with van der Waals surface area (Å²) in [6.45, 7) is 0. The van der Waals surface area contributed by atoms with Crippen molar-refractivity contribution in [1.82, 2.24) is 0 Å². The molecule has 0 amide bonds. The van der Waals surface area contributed by atoms with Crippen LogP contribution >= 0.6 is 15.9 Å². The molecule has 0 N–H and O–H groups in total. The SMILES string of the molecule is C/N=C(/CBr)C(F)(F)F. The van der Waals surface area contributed by atoms with Gasteiger partial charge in [-0.25, -0.2) is 0 Å². The van der Waals surface area contributed by atoms with Crippen molar-refractivity contribution in [3.05, 3.63) is 0 Å². The lowest BCUT2D eigenvalue weighted by atomic mass is 10.4. The Bertz CT molecular complexity index is 117. The van der Waals surface area contributed by atoms with Crippen molar-refractivity contribution < 1.29 is 13.2 Å². The monoisotopic (exact) mass is 203 g/mol. The Balaban J connectivity index is 4.14. The topological polar surface area (TPSA) is 12.4 Å². The average molecular weight is 204 g/mol. The Labute approximate surface area is 59.1 Å². The van der Waals surface area contributed by atoms with Crippen LogP contribution in [-0.4, -0.2) is 24.3 Å². The molecular formula is C4H5BrF3N. The number of rotatable bonds is 1. The molecule has 0 aromatic heterocycles. The first kappa shape index (κ1) is 8.94. The van der Waals surface area contributed by atoms with Crippen molar-refractivity contribution >= 4 is 21.6 Å². The highest BCUT2D eigenvalue weighted by molar-refractivity contribution is 9.09. The van der Waals surface area contributed by atoms with Gasteiger partial charge in [-0.15, -0.1) is 0 Å². The Morgan fingerprint density at radius 3 is 2.00 bits per heavy atom. The van der Waals surface area contributed by atoms with Gasteiger partial charge in [0.25, 0.3) is 0 Å². The van der Waals surface area contributed by atoms with E-state index in [0.29, 0.717) is 0 Å². The minimum absolute atomic E-state index is 0.243. The highest BCUT2D eigenvalue weighted by atomic mass is 79.9. The van der Waals surface area contributed by atoms with Crippen LogP contribution in [0, 0.1) is 0 Å². The molecule has 0 aliphatic heterocycles. The Morgan fingerprint density at radius 2 is 2.00 bits per heavy atom. The van der Waals surface area contributed by atoms with Gasteiger partial charge in [-0.3, -0.25) is 4.99 Å². The number of alkyl halides is 4. The lowest BCUT2D eigenvalue weighted by Crippen LogP contribution is -2.23. The predicted octanol–water partition coefficient (Wildman–Crippen LogP) is 2.01. The maximum Gasteiger partial charge on any atom is 0.429 e. The van der Waals surface area contributed by atoms with E-state index in [1.165, 1.54) is 0 Å². The first-order valence-electron chi connectivity index (χ1n) is 2.11. The largest absolute Gasteiger partial charge is 0.429 e. The maximum atomic E-state index is 11.6. The van der Waals surface area contributed by atoms with E-state index >= 15 is 0 Å². The minimum atomic E-state index is -4.28. The minimum Gasteiger partial charge on any atom is -0.287 e. The number of halogens is 4. The van der Waals surface area contributed by atoms with Crippen molar-refractivity contribution in [1.29, 1.82) is 0 Å². The molecule has 0 saturated carbocycles. The zero-order valence-electron chi connectivity index (χ0n) is 4.67. The van der Waals surface area contributed by atoms with E-state index in [-0.39, 0.29) is 5.33 Å². The van der Waals surface area contributed by atoms with E-state index in [1.54, 1.807) is 0 Å². The molecule has 9 heavy (non-hydrogen) atoms. The van der Waals surface area contributed by atoms with Crippen LogP contribution in [0.5, 0.6) is 0 Å². The smallest absolute Gasteiger partial charge is 0.287 e. The number of hydrogen-bond donors (Lipinski definition) is 0. The molecule has 0 atom stereocenters. The van der Waals surface area contributed by atoms with Crippen LogP contribution in [0.4, 0.5) is 13.2 Å². The molecule has 0 aromatic rings.